The Labute approximate surface area is 346 Å². The summed E-state index contributed by atoms with van der Waals surface area (Å²) in [6.07, 6.45) is 2.05. The summed E-state index contributed by atoms with van der Waals surface area (Å²) in [5.74, 6) is 0. The highest BCUT2D eigenvalue weighted by molar-refractivity contribution is 6.27. The molecule has 0 radical (unpaired) electrons. The molecule has 0 aromatic heterocycles. The van der Waals surface area contributed by atoms with Crippen LogP contribution in [0.3, 0.4) is 0 Å². The minimum Gasteiger partial charge on any atom is -0.356 e. The third kappa shape index (κ3) is 5.62. The van der Waals surface area contributed by atoms with Gasteiger partial charge in [-0.25, -0.2) is 0 Å². The molecule has 59 heavy (non-hydrogen) atoms. The van der Waals surface area contributed by atoms with Gasteiger partial charge in [0.25, 0.3) is 0 Å². The molecule has 0 saturated heterocycles. The van der Waals surface area contributed by atoms with E-state index in [1.54, 1.807) is 0 Å². The van der Waals surface area contributed by atoms with E-state index in [0.717, 1.165) is 35.6 Å². The molecule has 1 N–H and O–H groups in total. The van der Waals surface area contributed by atoms with Gasteiger partial charge < -0.3 is 10.2 Å². The summed E-state index contributed by atoms with van der Waals surface area (Å²) >= 11 is 0. The third-order valence-electron chi connectivity index (χ3n) is 13.1. The Morgan fingerprint density at radius 3 is 1.42 bits per heavy atom. The topological polar surface area (TPSA) is 15.3 Å². The highest BCUT2D eigenvalue weighted by atomic mass is 15.1. The summed E-state index contributed by atoms with van der Waals surface area (Å²) in [4.78, 5) is 2.39. The second-order valence-corrected chi connectivity index (χ2v) is 16.0. The van der Waals surface area contributed by atoms with E-state index in [9.17, 15) is 0 Å². The highest BCUT2D eigenvalue weighted by Crippen LogP contribution is 2.55. The van der Waals surface area contributed by atoms with Gasteiger partial charge >= 0.3 is 0 Å². The van der Waals surface area contributed by atoms with E-state index in [4.69, 9.17) is 0 Å². The van der Waals surface area contributed by atoms with E-state index in [1.807, 2.05) is 6.07 Å². The molecule has 0 amide bonds. The summed E-state index contributed by atoms with van der Waals surface area (Å²) in [6, 6.07) is 73.7. The third-order valence-corrected chi connectivity index (χ3v) is 13.1. The quantitative estimate of drug-likeness (QED) is 0.148. The number of nitrogens with zero attached hydrogens (tertiary/aromatic N) is 1. The van der Waals surface area contributed by atoms with E-state index in [2.05, 4.69) is 218 Å². The van der Waals surface area contributed by atoms with E-state index in [0.29, 0.717) is 0 Å². The second-order valence-electron chi connectivity index (χ2n) is 16.0. The zero-order valence-electron chi connectivity index (χ0n) is 33.4. The lowest BCUT2D eigenvalue weighted by atomic mass is 9.73. The van der Waals surface area contributed by atoms with Gasteiger partial charge in [-0.1, -0.05) is 147 Å². The van der Waals surface area contributed by atoms with Crippen molar-refractivity contribution in [3.05, 3.63) is 211 Å². The van der Waals surface area contributed by atoms with Gasteiger partial charge in [0.15, 0.2) is 0 Å². The SMILES string of the molecule is CCC1(CC)c2cc(-c3ccc4ccc5c(-c6ccc(Nc7ccccc7)cc6)ccc6ccc3c4c65)ccc2-c2ccc(N(c3ccccc3)c3ccccc3)cc21. The van der Waals surface area contributed by atoms with Crippen molar-refractivity contribution in [2.24, 2.45) is 0 Å². The first kappa shape index (κ1) is 35.0. The lowest BCUT2D eigenvalue weighted by Crippen LogP contribution is -2.23. The molecule has 0 unspecified atom stereocenters. The molecule has 0 spiro atoms. The van der Waals surface area contributed by atoms with Crippen molar-refractivity contribution in [3.8, 4) is 33.4 Å². The maximum Gasteiger partial charge on any atom is 0.0465 e. The van der Waals surface area contributed by atoms with Crippen LogP contribution in [-0.2, 0) is 5.41 Å². The maximum absolute atomic E-state index is 3.53. The predicted octanol–water partition coefficient (Wildman–Crippen LogP) is 16.2. The van der Waals surface area contributed by atoms with Crippen LogP contribution in [0.15, 0.2) is 200 Å². The number of benzene rings is 10. The number of anilines is 5. The number of nitrogens with one attached hydrogen (secondary N) is 1. The fourth-order valence-electron chi connectivity index (χ4n) is 10.1. The molecule has 2 nitrogen and oxygen atoms in total. The van der Waals surface area contributed by atoms with Gasteiger partial charge in [-0.3, -0.25) is 0 Å². The Morgan fingerprint density at radius 1 is 0.390 bits per heavy atom. The molecule has 0 atom stereocenters. The van der Waals surface area contributed by atoms with Gasteiger partial charge in [0.2, 0.25) is 0 Å². The van der Waals surface area contributed by atoms with Crippen molar-refractivity contribution in [2.75, 3.05) is 10.2 Å². The van der Waals surface area contributed by atoms with Gasteiger partial charge in [0.05, 0.1) is 0 Å². The zero-order valence-corrected chi connectivity index (χ0v) is 33.4. The van der Waals surface area contributed by atoms with E-state index in [1.165, 1.54) is 82.5 Å². The van der Waals surface area contributed by atoms with Crippen LogP contribution in [0.1, 0.15) is 37.8 Å². The molecule has 2 heteroatoms. The van der Waals surface area contributed by atoms with Gasteiger partial charge in [-0.05, 0) is 156 Å². The van der Waals surface area contributed by atoms with Gasteiger partial charge in [-0.2, -0.15) is 0 Å². The van der Waals surface area contributed by atoms with Crippen LogP contribution >= 0.6 is 0 Å². The van der Waals surface area contributed by atoms with Crippen LogP contribution in [0.4, 0.5) is 28.4 Å². The summed E-state index contributed by atoms with van der Waals surface area (Å²) < 4.78 is 0. The van der Waals surface area contributed by atoms with Gasteiger partial charge in [0, 0.05) is 33.9 Å². The average Bonchev–Trinajstić information content (AvgIpc) is 3.58. The van der Waals surface area contributed by atoms with E-state index in [-0.39, 0.29) is 5.41 Å². The summed E-state index contributed by atoms with van der Waals surface area (Å²) in [5.41, 5.74) is 16.2. The van der Waals surface area contributed by atoms with Crippen molar-refractivity contribution in [2.45, 2.75) is 32.1 Å². The highest BCUT2D eigenvalue weighted by Gasteiger charge is 2.41. The van der Waals surface area contributed by atoms with E-state index < -0.39 is 0 Å². The van der Waals surface area contributed by atoms with Crippen LogP contribution in [-0.4, -0.2) is 0 Å². The number of hydrogen-bond donors (Lipinski definition) is 1. The summed E-state index contributed by atoms with van der Waals surface area (Å²) in [6.45, 7) is 4.74. The maximum atomic E-state index is 3.53. The van der Waals surface area contributed by atoms with Crippen molar-refractivity contribution in [1.29, 1.82) is 0 Å². The molecule has 0 saturated carbocycles. The number of rotatable bonds is 9. The molecule has 1 aliphatic carbocycles. The summed E-state index contributed by atoms with van der Waals surface area (Å²) in [5, 5.41) is 11.4. The standard InChI is InChI=1S/C57H44N2/c1-3-57(4-2)53-36-41(26-32-49(53)50-35-29-46(37-54(50)57)59(44-16-10-6-11-17-44)45-18-12-7-13-19-45)48-31-23-40-24-33-51-47(30-22-39-25-34-52(48)56(40)55(39)51)38-20-27-43(28-21-38)58-42-14-8-5-9-15-42/h5-37,58H,3-4H2,1-2H3. The monoisotopic (exact) mass is 756 g/mol. The Morgan fingerprint density at radius 2 is 0.847 bits per heavy atom. The van der Waals surface area contributed by atoms with E-state index >= 15 is 0 Å². The predicted molar refractivity (Wildman–Crippen MR) is 252 cm³/mol. The first-order valence-electron chi connectivity index (χ1n) is 21.0. The lowest BCUT2D eigenvalue weighted by Gasteiger charge is -2.32. The number of fused-ring (bicyclic) bond motifs is 3. The molecular weight excluding hydrogens is 713 g/mol. The van der Waals surface area contributed by atoms with Crippen LogP contribution in [0, 0.1) is 0 Å². The average molecular weight is 757 g/mol. The first-order valence-corrected chi connectivity index (χ1v) is 21.0. The fourth-order valence-corrected chi connectivity index (χ4v) is 10.1. The fraction of sp³-hybridized carbons (Fsp3) is 0.0877. The van der Waals surface area contributed by atoms with Crippen LogP contribution < -0.4 is 10.2 Å². The molecule has 1 aliphatic rings. The molecule has 0 bridgehead atoms. The molecule has 10 aromatic rings. The molecule has 10 aromatic carbocycles. The van der Waals surface area contributed by atoms with Gasteiger partial charge in [-0.15, -0.1) is 0 Å². The van der Waals surface area contributed by atoms with Crippen molar-refractivity contribution in [3.63, 3.8) is 0 Å². The molecule has 0 fully saturated rings. The van der Waals surface area contributed by atoms with Crippen LogP contribution in [0.25, 0.3) is 65.7 Å². The Bertz CT molecular complexity index is 3090. The van der Waals surface area contributed by atoms with Gasteiger partial charge in [0.1, 0.15) is 0 Å². The number of para-hydroxylation sites is 3. The second kappa shape index (κ2) is 14.0. The number of hydrogen-bond acceptors (Lipinski definition) is 2. The largest absolute Gasteiger partial charge is 0.356 e. The molecule has 282 valence electrons. The zero-order chi connectivity index (χ0) is 39.5. The molecule has 0 aliphatic heterocycles. The van der Waals surface area contributed by atoms with Crippen LogP contribution in [0.2, 0.25) is 0 Å². The van der Waals surface area contributed by atoms with Crippen molar-refractivity contribution >= 4 is 60.8 Å². The smallest absolute Gasteiger partial charge is 0.0465 e. The Hall–Kier alpha value is -7.16. The van der Waals surface area contributed by atoms with Crippen molar-refractivity contribution in [1.82, 2.24) is 0 Å². The lowest BCUT2D eigenvalue weighted by molar-refractivity contribution is 0.490. The molecule has 11 rings (SSSR count). The summed E-state index contributed by atoms with van der Waals surface area (Å²) in [7, 11) is 0. The Kier molecular flexibility index (Phi) is 8.34. The first-order chi connectivity index (χ1) is 29.1. The Balaban J connectivity index is 1.01. The van der Waals surface area contributed by atoms with Crippen molar-refractivity contribution < 1.29 is 0 Å². The molecular formula is C57H44N2. The minimum atomic E-state index is -0.0966. The molecule has 0 heterocycles. The normalized spacial score (nSPS) is 12.8. The minimum absolute atomic E-state index is 0.0966. The van der Waals surface area contributed by atoms with Crippen LogP contribution in [0.5, 0.6) is 0 Å².